The van der Waals surface area contributed by atoms with Crippen LogP contribution in [0.4, 0.5) is 0 Å². The third-order valence-corrected chi connectivity index (χ3v) is 4.86. The summed E-state index contributed by atoms with van der Waals surface area (Å²) in [5.41, 5.74) is 7.80. The number of likely N-dealkylation sites (tertiary alicyclic amines) is 1. The van der Waals surface area contributed by atoms with Gasteiger partial charge in [-0.1, -0.05) is 26.0 Å². The van der Waals surface area contributed by atoms with E-state index >= 15 is 0 Å². The van der Waals surface area contributed by atoms with Crippen molar-refractivity contribution < 1.29 is 4.74 Å². The van der Waals surface area contributed by atoms with Crippen molar-refractivity contribution in [1.82, 2.24) is 4.90 Å². The molecule has 4 unspecified atom stereocenters. The average molecular weight is 290 g/mol. The largest absolute Gasteiger partial charge is 0.497 e. The highest BCUT2D eigenvalue weighted by molar-refractivity contribution is 5.30. The zero-order valence-corrected chi connectivity index (χ0v) is 13.9. The predicted octanol–water partition coefficient (Wildman–Crippen LogP) is 3.59. The van der Waals surface area contributed by atoms with Crippen LogP contribution in [0.3, 0.4) is 0 Å². The van der Waals surface area contributed by atoms with Crippen molar-refractivity contribution in [2.45, 2.75) is 58.2 Å². The molecule has 2 rings (SSSR count). The number of rotatable bonds is 5. The lowest BCUT2D eigenvalue weighted by molar-refractivity contribution is 0.0625. The second-order valence-electron chi connectivity index (χ2n) is 6.52. The Balaban J connectivity index is 2.28. The van der Waals surface area contributed by atoms with Crippen LogP contribution in [-0.4, -0.2) is 30.6 Å². The average Bonchev–Trinajstić information content (AvgIpc) is 2.51. The van der Waals surface area contributed by atoms with Gasteiger partial charge in [-0.05, 0) is 49.8 Å². The number of methoxy groups -OCH3 is 1. The molecule has 1 aliphatic rings. The Morgan fingerprint density at radius 2 is 1.90 bits per heavy atom. The van der Waals surface area contributed by atoms with Gasteiger partial charge in [-0.25, -0.2) is 0 Å². The number of hydrogen-bond donors (Lipinski definition) is 1. The summed E-state index contributed by atoms with van der Waals surface area (Å²) in [4.78, 5) is 2.62. The molecule has 0 radical (unpaired) electrons. The quantitative estimate of drug-likeness (QED) is 0.900. The van der Waals surface area contributed by atoms with E-state index in [4.69, 9.17) is 10.5 Å². The summed E-state index contributed by atoms with van der Waals surface area (Å²) in [6.45, 7) is 8.01. The fourth-order valence-corrected chi connectivity index (χ4v) is 3.42. The van der Waals surface area contributed by atoms with E-state index in [0.717, 1.165) is 24.6 Å². The number of nitrogens with zero attached hydrogens (tertiary/aromatic N) is 1. The summed E-state index contributed by atoms with van der Waals surface area (Å²) in [6, 6.07) is 9.51. The van der Waals surface area contributed by atoms with Crippen LogP contribution in [0.5, 0.6) is 5.75 Å². The minimum atomic E-state index is 0.172. The maximum absolute atomic E-state index is 6.49. The molecule has 3 nitrogen and oxygen atoms in total. The molecule has 0 aromatic heterocycles. The Bertz CT molecular complexity index is 431. The van der Waals surface area contributed by atoms with E-state index in [2.05, 4.69) is 37.8 Å². The molecule has 21 heavy (non-hydrogen) atoms. The van der Waals surface area contributed by atoms with Crippen molar-refractivity contribution in [2.75, 3.05) is 13.7 Å². The summed E-state index contributed by atoms with van der Waals surface area (Å²) < 4.78 is 5.27. The van der Waals surface area contributed by atoms with Crippen molar-refractivity contribution in [1.29, 1.82) is 0 Å². The normalized spacial score (nSPS) is 26.3. The molecule has 4 atom stereocenters. The standard InChI is InChI=1S/C18H30N2O/c1-5-17(19)18(15-8-10-16(21-4)11-9-15)20-12-13(2)6-7-14(20)3/h8-11,13-14,17-18H,5-7,12,19H2,1-4H3. The van der Waals surface area contributed by atoms with Crippen LogP contribution in [0.1, 0.15) is 51.6 Å². The Kier molecular flexibility index (Phi) is 5.65. The van der Waals surface area contributed by atoms with Crippen LogP contribution < -0.4 is 10.5 Å². The molecule has 118 valence electrons. The van der Waals surface area contributed by atoms with Gasteiger partial charge in [0.15, 0.2) is 0 Å². The van der Waals surface area contributed by atoms with Crippen LogP contribution in [0.25, 0.3) is 0 Å². The Hall–Kier alpha value is -1.06. The van der Waals surface area contributed by atoms with Gasteiger partial charge in [-0.2, -0.15) is 0 Å². The van der Waals surface area contributed by atoms with E-state index in [9.17, 15) is 0 Å². The molecule has 0 saturated carbocycles. The van der Waals surface area contributed by atoms with E-state index in [-0.39, 0.29) is 6.04 Å². The van der Waals surface area contributed by atoms with Crippen molar-refractivity contribution >= 4 is 0 Å². The molecule has 0 amide bonds. The molecule has 1 aromatic rings. The molecule has 2 N–H and O–H groups in total. The molecule has 1 aliphatic heterocycles. The monoisotopic (exact) mass is 290 g/mol. The highest BCUT2D eigenvalue weighted by Gasteiger charge is 2.32. The lowest BCUT2D eigenvalue weighted by atomic mass is 9.88. The maximum atomic E-state index is 6.49. The Morgan fingerprint density at radius 1 is 1.24 bits per heavy atom. The van der Waals surface area contributed by atoms with Gasteiger partial charge in [-0.3, -0.25) is 4.90 Å². The van der Waals surface area contributed by atoms with Crippen LogP contribution in [-0.2, 0) is 0 Å². The van der Waals surface area contributed by atoms with Gasteiger partial charge in [0.25, 0.3) is 0 Å². The van der Waals surface area contributed by atoms with Gasteiger partial charge >= 0.3 is 0 Å². The molecule has 1 fully saturated rings. The lowest BCUT2D eigenvalue weighted by Gasteiger charge is -2.44. The highest BCUT2D eigenvalue weighted by atomic mass is 16.5. The van der Waals surface area contributed by atoms with Gasteiger partial charge < -0.3 is 10.5 Å². The van der Waals surface area contributed by atoms with Crippen molar-refractivity contribution in [3.63, 3.8) is 0 Å². The first-order valence-corrected chi connectivity index (χ1v) is 8.22. The number of piperidine rings is 1. The molecule has 1 heterocycles. The predicted molar refractivity (Wildman–Crippen MR) is 88.6 cm³/mol. The molecular weight excluding hydrogens is 260 g/mol. The van der Waals surface area contributed by atoms with E-state index in [1.807, 2.05) is 12.1 Å². The van der Waals surface area contributed by atoms with E-state index in [1.54, 1.807) is 7.11 Å². The summed E-state index contributed by atoms with van der Waals surface area (Å²) in [5.74, 6) is 1.66. The minimum Gasteiger partial charge on any atom is -0.497 e. The molecule has 1 saturated heterocycles. The SMILES string of the molecule is CCC(N)C(c1ccc(OC)cc1)N1CC(C)CCC1C. The molecule has 0 aliphatic carbocycles. The summed E-state index contributed by atoms with van der Waals surface area (Å²) >= 11 is 0. The highest BCUT2D eigenvalue weighted by Crippen LogP contribution is 2.33. The molecule has 0 bridgehead atoms. The summed E-state index contributed by atoms with van der Waals surface area (Å²) in [6.07, 6.45) is 3.59. The van der Waals surface area contributed by atoms with Crippen molar-refractivity contribution in [3.8, 4) is 5.75 Å². The first kappa shape index (κ1) is 16.3. The number of ether oxygens (including phenoxy) is 1. The molecule has 3 heteroatoms. The third-order valence-electron chi connectivity index (χ3n) is 4.86. The molecule has 0 spiro atoms. The molecule has 1 aromatic carbocycles. The second kappa shape index (κ2) is 7.28. The molecular formula is C18H30N2O. The van der Waals surface area contributed by atoms with Gasteiger partial charge in [0.2, 0.25) is 0 Å². The maximum Gasteiger partial charge on any atom is 0.118 e. The zero-order chi connectivity index (χ0) is 15.4. The summed E-state index contributed by atoms with van der Waals surface area (Å²) in [5, 5.41) is 0. The first-order valence-electron chi connectivity index (χ1n) is 8.22. The first-order chi connectivity index (χ1) is 10.1. The lowest BCUT2D eigenvalue weighted by Crippen LogP contribution is -2.49. The van der Waals surface area contributed by atoms with Gasteiger partial charge in [0.1, 0.15) is 5.75 Å². The summed E-state index contributed by atoms with van der Waals surface area (Å²) in [7, 11) is 1.71. The number of nitrogens with two attached hydrogens (primary N) is 1. The van der Waals surface area contributed by atoms with Crippen LogP contribution >= 0.6 is 0 Å². The van der Waals surface area contributed by atoms with E-state index in [1.165, 1.54) is 18.4 Å². The van der Waals surface area contributed by atoms with Gasteiger partial charge in [-0.15, -0.1) is 0 Å². The Morgan fingerprint density at radius 3 is 2.48 bits per heavy atom. The van der Waals surface area contributed by atoms with E-state index in [0.29, 0.717) is 12.1 Å². The topological polar surface area (TPSA) is 38.5 Å². The van der Waals surface area contributed by atoms with Gasteiger partial charge in [0, 0.05) is 18.6 Å². The van der Waals surface area contributed by atoms with Crippen molar-refractivity contribution in [2.24, 2.45) is 11.7 Å². The fraction of sp³-hybridized carbons (Fsp3) is 0.667. The second-order valence-corrected chi connectivity index (χ2v) is 6.52. The van der Waals surface area contributed by atoms with Crippen LogP contribution in [0.15, 0.2) is 24.3 Å². The van der Waals surface area contributed by atoms with Gasteiger partial charge in [0.05, 0.1) is 13.2 Å². The van der Waals surface area contributed by atoms with Crippen LogP contribution in [0, 0.1) is 5.92 Å². The number of hydrogen-bond acceptors (Lipinski definition) is 3. The van der Waals surface area contributed by atoms with E-state index < -0.39 is 0 Å². The third kappa shape index (κ3) is 3.78. The zero-order valence-electron chi connectivity index (χ0n) is 13.9. The fourth-order valence-electron chi connectivity index (χ4n) is 3.42. The smallest absolute Gasteiger partial charge is 0.118 e. The number of benzene rings is 1. The van der Waals surface area contributed by atoms with Crippen molar-refractivity contribution in [3.05, 3.63) is 29.8 Å². The minimum absolute atomic E-state index is 0.172. The van der Waals surface area contributed by atoms with Crippen LogP contribution in [0.2, 0.25) is 0 Å². The Labute approximate surface area is 129 Å².